The third-order valence-electron chi connectivity index (χ3n) is 4.17. The minimum atomic E-state index is -0.375. The lowest BCUT2D eigenvalue weighted by atomic mass is 10.1. The lowest BCUT2D eigenvalue weighted by molar-refractivity contribution is -0.122. The molecule has 1 atom stereocenters. The van der Waals surface area contributed by atoms with E-state index in [1.807, 2.05) is 25.9 Å². The standard InChI is InChI=1S/C21H27FN4O3/c1-4-23-20(27)14-29-18-7-5-6-17(12-18)25-21(28)24-13-19(26(2)3)15-8-10-16(22)11-9-15/h5-12,19H,4,13-14H2,1-3H3,(H,23,27)(H2,24,25,28). The van der Waals surface area contributed by atoms with Gasteiger partial charge in [-0.2, -0.15) is 0 Å². The third kappa shape index (κ3) is 7.42. The van der Waals surface area contributed by atoms with E-state index in [1.165, 1.54) is 12.1 Å². The Labute approximate surface area is 170 Å². The van der Waals surface area contributed by atoms with Gasteiger partial charge in [0.05, 0.1) is 6.04 Å². The van der Waals surface area contributed by atoms with Crippen LogP contribution in [0.3, 0.4) is 0 Å². The van der Waals surface area contributed by atoms with Gasteiger partial charge in [0.15, 0.2) is 6.61 Å². The van der Waals surface area contributed by atoms with E-state index in [9.17, 15) is 14.0 Å². The second-order valence-corrected chi connectivity index (χ2v) is 6.64. The molecule has 2 aromatic rings. The number of carbonyl (C=O) groups is 2. The Hall–Kier alpha value is -3.13. The highest BCUT2D eigenvalue weighted by atomic mass is 19.1. The molecule has 0 aliphatic heterocycles. The average Bonchev–Trinajstić information content (AvgIpc) is 2.68. The van der Waals surface area contributed by atoms with E-state index < -0.39 is 0 Å². The largest absolute Gasteiger partial charge is 0.484 e. The predicted molar refractivity (Wildman–Crippen MR) is 110 cm³/mol. The van der Waals surface area contributed by atoms with Gasteiger partial charge < -0.3 is 25.6 Å². The van der Waals surface area contributed by atoms with E-state index in [2.05, 4.69) is 16.0 Å². The van der Waals surface area contributed by atoms with Gasteiger partial charge in [0, 0.05) is 24.8 Å². The van der Waals surface area contributed by atoms with Gasteiger partial charge in [0.25, 0.3) is 5.91 Å². The summed E-state index contributed by atoms with van der Waals surface area (Å²) in [5.74, 6) is -0.0307. The molecule has 8 heteroatoms. The Morgan fingerprint density at radius 2 is 1.83 bits per heavy atom. The molecule has 3 N–H and O–H groups in total. The van der Waals surface area contributed by atoms with Crippen LogP contribution < -0.4 is 20.7 Å². The average molecular weight is 402 g/mol. The number of hydrogen-bond acceptors (Lipinski definition) is 4. The maximum absolute atomic E-state index is 13.2. The number of likely N-dealkylation sites (N-methyl/N-ethyl adjacent to an activating group) is 2. The number of halogens is 1. The number of ether oxygens (including phenoxy) is 1. The van der Waals surface area contributed by atoms with Crippen molar-refractivity contribution in [3.8, 4) is 5.75 Å². The summed E-state index contributed by atoms with van der Waals surface area (Å²) in [5, 5.41) is 8.21. The highest BCUT2D eigenvalue weighted by Gasteiger charge is 2.15. The van der Waals surface area contributed by atoms with Crippen LogP contribution in [0.25, 0.3) is 0 Å². The van der Waals surface area contributed by atoms with Crippen LogP contribution in [0.2, 0.25) is 0 Å². The van der Waals surface area contributed by atoms with Crippen LogP contribution in [-0.2, 0) is 4.79 Å². The molecule has 156 valence electrons. The van der Waals surface area contributed by atoms with Crippen LogP contribution in [0, 0.1) is 5.82 Å². The molecule has 0 fully saturated rings. The first-order valence-electron chi connectivity index (χ1n) is 9.35. The van der Waals surface area contributed by atoms with Crippen molar-refractivity contribution in [3.63, 3.8) is 0 Å². The zero-order chi connectivity index (χ0) is 21.2. The van der Waals surface area contributed by atoms with Gasteiger partial charge in [-0.15, -0.1) is 0 Å². The summed E-state index contributed by atoms with van der Waals surface area (Å²) in [6, 6.07) is 12.5. The van der Waals surface area contributed by atoms with Crippen molar-refractivity contribution in [2.45, 2.75) is 13.0 Å². The predicted octanol–water partition coefficient (Wildman–Crippen LogP) is 2.77. The molecule has 0 heterocycles. The number of nitrogens with zero attached hydrogens (tertiary/aromatic N) is 1. The topological polar surface area (TPSA) is 82.7 Å². The van der Waals surface area contributed by atoms with Gasteiger partial charge in [0.2, 0.25) is 0 Å². The highest BCUT2D eigenvalue weighted by molar-refractivity contribution is 5.89. The summed E-state index contributed by atoms with van der Waals surface area (Å²) < 4.78 is 18.6. The van der Waals surface area contributed by atoms with Crippen LogP contribution in [0.1, 0.15) is 18.5 Å². The van der Waals surface area contributed by atoms with E-state index in [0.29, 0.717) is 24.5 Å². The molecule has 2 aromatic carbocycles. The number of rotatable bonds is 9. The summed E-state index contributed by atoms with van der Waals surface area (Å²) in [4.78, 5) is 25.7. The Morgan fingerprint density at radius 1 is 1.10 bits per heavy atom. The molecular formula is C21H27FN4O3. The molecule has 0 bridgehead atoms. The van der Waals surface area contributed by atoms with Crippen LogP contribution in [0.5, 0.6) is 5.75 Å². The summed E-state index contributed by atoms with van der Waals surface area (Å²) in [6.07, 6.45) is 0. The summed E-state index contributed by atoms with van der Waals surface area (Å²) in [6.45, 7) is 2.62. The van der Waals surface area contributed by atoms with Crippen molar-refractivity contribution in [1.29, 1.82) is 0 Å². The molecule has 7 nitrogen and oxygen atoms in total. The minimum Gasteiger partial charge on any atom is -0.484 e. The van der Waals surface area contributed by atoms with Gasteiger partial charge in [-0.05, 0) is 50.8 Å². The number of hydrogen-bond donors (Lipinski definition) is 3. The smallest absolute Gasteiger partial charge is 0.319 e. The Morgan fingerprint density at radius 3 is 2.48 bits per heavy atom. The van der Waals surface area contributed by atoms with Gasteiger partial charge in [-0.1, -0.05) is 18.2 Å². The zero-order valence-electron chi connectivity index (χ0n) is 16.9. The number of urea groups is 1. The molecular weight excluding hydrogens is 375 g/mol. The number of carbonyl (C=O) groups excluding carboxylic acids is 2. The van der Waals surface area contributed by atoms with Gasteiger partial charge in [-0.3, -0.25) is 4.79 Å². The first-order chi connectivity index (χ1) is 13.9. The van der Waals surface area contributed by atoms with Gasteiger partial charge in [-0.25, -0.2) is 9.18 Å². The molecule has 0 spiro atoms. The molecule has 0 aliphatic rings. The Bertz CT molecular complexity index is 812. The van der Waals surface area contributed by atoms with E-state index in [1.54, 1.807) is 36.4 Å². The zero-order valence-corrected chi connectivity index (χ0v) is 16.9. The molecule has 0 saturated carbocycles. The van der Waals surface area contributed by atoms with Crippen LogP contribution >= 0.6 is 0 Å². The molecule has 3 amide bonds. The molecule has 1 unspecified atom stereocenters. The Balaban J connectivity index is 1.90. The second-order valence-electron chi connectivity index (χ2n) is 6.64. The third-order valence-corrected chi connectivity index (χ3v) is 4.17. The monoisotopic (exact) mass is 402 g/mol. The first-order valence-corrected chi connectivity index (χ1v) is 9.35. The number of amides is 3. The number of anilines is 1. The van der Waals surface area contributed by atoms with Crippen molar-refractivity contribution < 1.29 is 18.7 Å². The summed E-state index contributed by atoms with van der Waals surface area (Å²) in [5.41, 5.74) is 1.44. The first kappa shape index (κ1) is 22.2. The van der Waals surface area contributed by atoms with Crippen LogP contribution in [-0.4, -0.2) is 50.6 Å². The SMILES string of the molecule is CCNC(=O)COc1cccc(NC(=O)NCC(c2ccc(F)cc2)N(C)C)c1. The maximum Gasteiger partial charge on any atom is 0.319 e. The van der Waals surface area contributed by atoms with Gasteiger partial charge >= 0.3 is 6.03 Å². The van der Waals surface area contributed by atoms with E-state index >= 15 is 0 Å². The maximum atomic E-state index is 13.2. The van der Waals surface area contributed by atoms with Crippen molar-refractivity contribution in [3.05, 3.63) is 59.9 Å². The van der Waals surface area contributed by atoms with Crippen LogP contribution in [0.15, 0.2) is 48.5 Å². The summed E-state index contributed by atoms with van der Waals surface area (Å²) >= 11 is 0. The molecule has 0 aliphatic carbocycles. The van der Waals surface area contributed by atoms with Crippen molar-refractivity contribution in [1.82, 2.24) is 15.5 Å². The van der Waals surface area contributed by atoms with Crippen molar-refractivity contribution >= 4 is 17.6 Å². The number of nitrogens with one attached hydrogen (secondary N) is 3. The van der Waals surface area contributed by atoms with Crippen molar-refractivity contribution in [2.75, 3.05) is 39.1 Å². The fraction of sp³-hybridized carbons (Fsp3) is 0.333. The molecule has 29 heavy (non-hydrogen) atoms. The lowest BCUT2D eigenvalue weighted by Crippen LogP contribution is -2.36. The van der Waals surface area contributed by atoms with E-state index in [-0.39, 0.29) is 30.4 Å². The second kappa shape index (κ2) is 11.0. The lowest BCUT2D eigenvalue weighted by Gasteiger charge is -2.25. The minimum absolute atomic E-state index is 0.0916. The molecule has 0 aromatic heterocycles. The number of benzene rings is 2. The van der Waals surface area contributed by atoms with E-state index in [4.69, 9.17) is 4.74 Å². The van der Waals surface area contributed by atoms with Gasteiger partial charge in [0.1, 0.15) is 11.6 Å². The van der Waals surface area contributed by atoms with E-state index in [0.717, 1.165) is 5.56 Å². The normalized spacial score (nSPS) is 11.6. The Kier molecular flexibility index (Phi) is 8.42. The fourth-order valence-corrected chi connectivity index (χ4v) is 2.71. The van der Waals surface area contributed by atoms with Crippen molar-refractivity contribution in [2.24, 2.45) is 0 Å². The molecule has 0 radical (unpaired) electrons. The molecule has 0 saturated heterocycles. The highest BCUT2D eigenvalue weighted by Crippen LogP contribution is 2.19. The molecule has 2 rings (SSSR count). The quantitative estimate of drug-likeness (QED) is 0.602. The van der Waals surface area contributed by atoms with Crippen LogP contribution in [0.4, 0.5) is 14.9 Å². The fourth-order valence-electron chi connectivity index (χ4n) is 2.71. The summed E-state index contributed by atoms with van der Waals surface area (Å²) in [7, 11) is 3.78.